The number of likely N-dealkylation sites (N-methyl/N-ethyl adjacent to an activating group) is 1. The first-order chi connectivity index (χ1) is 8.49. The van der Waals surface area contributed by atoms with E-state index in [2.05, 4.69) is 43.1 Å². The van der Waals surface area contributed by atoms with Crippen LogP contribution < -0.4 is 5.32 Å². The number of nitrogens with zero attached hydrogens (tertiary/aromatic N) is 3. The molecule has 0 aliphatic heterocycles. The van der Waals surface area contributed by atoms with Gasteiger partial charge < -0.3 is 10.2 Å². The van der Waals surface area contributed by atoms with Gasteiger partial charge in [-0.15, -0.1) is 0 Å². The highest BCUT2D eigenvalue weighted by molar-refractivity contribution is 6.30. The number of hydrogen-bond acceptors (Lipinski definition) is 3. The lowest BCUT2D eigenvalue weighted by molar-refractivity contribution is 0.246. The summed E-state index contributed by atoms with van der Waals surface area (Å²) in [6.45, 7) is 9.65. The molecule has 1 aromatic heterocycles. The Hall–Kier alpha value is -0.580. The van der Waals surface area contributed by atoms with Crippen molar-refractivity contribution in [1.29, 1.82) is 0 Å². The summed E-state index contributed by atoms with van der Waals surface area (Å²) < 4.78 is 1.88. The van der Waals surface area contributed by atoms with Gasteiger partial charge in [0.1, 0.15) is 0 Å². The molecular formula is C13H25ClN4. The Balaban J connectivity index is 2.10. The second-order valence-corrected chi connectivity index (χ2v) is 5.60. The zero-order valence-electron chi connectivity index (χ0n) is 11.9. The van der Waals surface area contributed by atoms with Crippen LogP contribution in [-0.4, -0.2) is 46.9 Å². The molecule has 0 aliphatic rings. The summed E-state index contributed by atoms with van der Waals surface area (Å²) >= 11 is 5.81. The van der Waals surface area contributed by atoms with Crippen LogP contribution in [0, 0.1) is 0 Å². The Bertz CT molecular complexity index is 337. The maximum absolute atomic E-state index is 5.81. The molecule has 0 fully saturated rings. The molecule has 0 spiro atoms. The normalized spacial score (nSPS) is 13.5. The third kappa shape index (κ3) is 5.85. The van der Waals surface area contributed by atoms with Crippen molar-refractivity contribution < 1.29 is 0 Å². The molecule has 18 heavy (non-hydrogen) atoms. The van der Waals surface area contributed by atoms with E-state index in [1.807, 2.05) is 10.9 Å². The van der Waals surface area contributed by atoms with Gasteiger partial charge >= 0.3 is 0 Å². The van der Waals surface area contributed by atoms with Gasteiger partial charge in [0.15, 0.2) is 0 Å². The van der Waals surface area contributed by atoms with Crippen LogP contribution in [0.25, 0.3) is 0 Å². The summed E-state index contributed by atoms with van der Waals surface area (Å²) in [7, 11) is 2.16. The number of aromatic nitrogens is 2. The lowest BCUT2D eigenvalue weighted by Gasteiger charge is -2.25. The van der Waals surface area contributed by atoms with Crippen LogP contribution >= 0.6 is 11.6 Å². The molecule has 5 heteroatoms. The van der Waals surface area contributed by atoms with Gasteiger partial charge in [-0.2, -0.15) is 5.10 Å². The van der Waals surface area contributed by atoms with Crippen LogP contribution in [0.5, 0.6) is 0 Å². The van der Waals surface area contributed by atoms with Gasteiger partial charge in [-0.05, 0) is 40.8 Å². The lowest BCUT2D eigenvalue weighted by Crippen LogP contribution is -2.40. The van der Waals surface area contributed by atoms with Crippen molar-refractivity contribution in [3.8, 4) is 0 Å². The fourth-order valence-corrected chi connectivity index (χ4v) is 1.91. The molecule has 0 saturated heterocycles. The van der Waals surface area contributed by atoms with Gasteiger partial charge in [0.2, 0.25) is 0 Å². The minimum atomic E-state index is 0.513. The molecule has 0 bridgehead atoms. The van der Waals surface area contributed by atoms with Crippen LogP contribution in [0.4, 0.5) is 0 Å². The van der Waals surface area contributed by atoms with Crippen LogP contribution in [0.3, 0.4) is 0 Å². The van der Waals surface area contributed by atoms with Crippen LogP contribution in [-0.2, 0) is 6.54 Å². The Kier molecular flexibility index (Phi) is 6.68. The molecule has 1 atom stereocenters. The second-order valence-electron chi connectivity index (χ2n) is 5.16. The summed E-state index contributed by atoms with van der Waals surface area (Å²) in [6.07, 6.45) is 4.60. The largest absolute Gasteiger partial charge is 0.313 e. The van der Waals surface area contributed by atoms with Gasteiger partial charge in [-0.1, -0.05) is 11.6 Å². The Morgan fingerprint density at radius 3 is 2.72 bits per heavy atom. The van der Waals surface area contributed by atoms with Crippen molar-refractivity contribution >= 4 is 11.6 Å². The molecule has 4 nitrogen and oxygen atoms in total. The lowest BCUT2D eigenvalue weighted by atomic mass is 10.2. The summed E-state index contributed by atoms with van der Waals surface area (Å²) in [6, 6.07) is 1.11. The minimum absolute atomic E-state index is 0.513. The quantitative estimate of drug-likeness (QED) is 0.737. The first-order valence-corrected chi connectivity index (χ1v) is 6.98. The Morgan fingerprint density at radius 1 is 1.44 bits per heavy atom. The second kappa shape index (κ2) is 7.77. The highest BCUT2D eigenvalue weighted by Crippen LogP contribution is 2.04. The van der Waals surface area contributed by atoms with Gasteiger partial charge in [0.05, 0.1) is 11.2 Å². The van der Waals surface area contributed by atoms with Crippen molar-refractivity contribution in [2.45, 2.75) is 45.8 Å². The summed E-state index contributed by atoms with van der Waals surface area (Å²) in [5.74, 6) is 0. The fourth-order valence-electron chi connectivity index (χ4n) is 1.76. The number of hydrogen-bond donors (Lipinski definition) is 1. The molecule has 1 unspecified atom stereocenters. The van der Waals surface area contributed by atoms with Crippen LogP contribution in [0.15, 0.2) is 12.4 Å². The third-order valence-electron chi connectivity index (χ3n) is 3.10. The van der Waals surface area contributed by atoms with E-state index in [4.69, 9.17) is 11.6 Å². The fraction of sp³-hybridized carbons (Fsp3) is 0.769. The predicted octanol–water partition coefficient (Wildman–Crippen LogP) is 2.24. The first-order valence-electron chi connectivity index (χ1n) is 6.60. The van der Waals surface area contributed by atoms with Crippen LogP contribution in [0.1, 0.15) is 27.2 Å². The highest BCUT2D eigenvalue weighted by Gasteiger charge is 2.08. The molecule has 1 rings (SSSR count). The van der Waals surface area contributed by atoms with E-state index in [0.29, 0.717) is 17.1 Å². The van der Waals surface area contributed by atoms with E-state index >= 15 is 0 Å². The first kappa shape index (κ1) is 15.5. The highest BCUT2D eigenvalue weighted by atomic mass is 35.5. The van der Waals surface area contributed by atoms with Crippen molar-refractivity contribution in [1.82, 2.24) is 20.0 Å². The summed E-state index contributed by atoms with van der Waals surface area (Å²) in [5.41, 5.74) is 0. The molecule has 1 N–H and O–H groups in total. The van der Waals surface area contributed by atoms with E-state index in [9.17, 15) is 0 Å². The average molecular weight is 273 g/mol. The van der Waals surface area contributed by atoms with Gasteiger partial charge in [-0.25, -0.2) is 0 Å². The van der Waals surface area contributed by atoms with E-state index in [-0.39, 0.29) is 0 Å². The number of halogens is 1. The molecule has 0 amide bonds. The van der Waals surface area contributed by atoms with Gasteiger partial charge in [0, 0.05) is 31.4 Å². The molecule has 0 aliphatic carbocycles. The van der Waals surface area contributed by atoms with E-state index in [1.54, 1.807) is 6.20 Å². The maximum atomic E-state index is 5.81. The molecule has 1 heterocycles. The number of rotatable bonds is 8. The number of nitrogens with one attached hydrogen (secondary N) is 1. The summed E-state index contributed by atoms with van der Waals surface area (Å²) in [5, 5.41) is 8.39. The van der Waals surface area contributed by atoms with Gasteiger partial charge in [0.25, 0.3) is 0 Å². The predicted molar refractivity (Wildman–Crippen MR) is 77.1 cm³/mol. The monoisotopic (exact) mass is 272 g/mol. The average Bonchev–Trinajstić information content (AvgIpc) is 2.70. The molecule has 0 aromatic carbocycles. The van der Waals surface area contributed by atoms with E-state index < -0.39 is 0 Å². The van der Waals surface area contributed by atoms with Crippen molar-refractivity contribution in [2.24, 2.45) is 0 Å². The topological polar surface area (TPSA) is 33.1 Å². The molecular weight excluding hydrogens is 248 g/mol. The zero-order chi connectivity index (χ0) is 13.5. The standard InChI is InChI=1S/C13H25ClN4/c1-11(2)17(4)9-12(3)15-6-5-7-18-10-13(14)8-16-18/h8,10-12,15H,5-7,9H2,1-4H3. The van der Waals surface area contributed by atoms with E-state index in [1.165, 1.54) is 0 Å². The van der Waals surface area contributed by atoms with Crippen molar-refractivity contribution in [3.05, 3.63) is 17.4 Å². The number of aryl methyl sites for hydroxylation is 1. The smallest absolute Gasteiger partial charge is 0.0785 e. The zero-order valence-corrected chi connectivity index (χ0v) is 12.6. The maximum Gasteiger partial charge on any atom is 0.0785 e. The molecule has 104 valence electrons. The molecule has 0 saturated carbocycles. The van der Waals surface area contributed by atoms with Gasteiger partial charge in [-0.3, -0.25) is 4.68 Å². The summed E-state index contributed by atoms with van der Waals surface area (Å²) in [4.78, 5) is 2.35. The van der Waals surface area contributed by atoms with Crippen molar-refractivity contribution in [3.63, 3.8) is 0 Å². The van der Waals surface area contributed by atoms with Crippen LogP contribution in [0.2, 0.25) is 5.02 Å². The minimum Gasteiger partial charge on any atom is -0.313 e. The Labute approximate surface area is 115 Å². The van der Waals surface area contributed by atoms with Crippen molar-refractivity contribution in [2.75, 3.05) is 20.1 Å². The molecule has 0 radical (unpaired) electrons. The third-order valence-corrected chi connectivity index (χ3v) is 3.30. The Morgan fingerprint density at radius 2 is 2.17 bits per heavy atom. The van der Waals surface area contributed by atoms with E-state index in [0.717, 1.165) is 26.1 Å². The SMILES string of the molecule is CC(CN(C)C(C)C)NCCCn1cc(Cl)cn1. The molecule has 1 aromatic rings.